The van der Waals surface area contributed by atoms with Crippen LogP contribution in [0.1, 0.15) is 234 Å². The Morgan fingerprint density at radius 3 is 1.21 bits per heavy atom. The molecule has 624 valence electrons. The highest BCUT2D eigenvalue weighted by atomic mass is 16.4. The Hall–Kier alpha value is -8.93. The van der Waals surface area contributed by atoms with Crippen molar-refractivity contribution in [3.63, 3.8) is 0 Å². The van der Waals surface area contributed by atoms with Crippen LogP contribution in [0.25, 0.3) is 0 Å². The van der Waals surface area contributed by atoms with E-state index in [0.29, 0.717) is 50.5 Å². The number of carboxylic acid groups (broad SMARTS) is 1. The summed E-state index contributed by atoms with van der Waals surface area (Å²) in [7, 11) is 0. The minimum Gasteiger partial charge on any atom is -0.508 e. The van der Waals surface area contributed by atoms with Gasteiger partial charge in [0.2, 0.25) is 76.8 Å². The molecule has 0 unspecified atom stereocenters. The van der Waals surface area contributed by atoms with Crippen molar-refractivity contribution in [1.29, 1.82) is 0 Å². The lowest BCUT2D eigenvalue weighted by Gasteiger charge is -2.29. The number of ketones is 1. The maximum absolute atomic E-state index is 14.6. The van der Waals surface area contributed by atoms with Gasteiger partial charge in [0.1, 0.15) is 66.2 Å². The summed E-state index contributed by atoms with van der Waals surface area (Å²) in [6.45, 7) is 7.83. The molecule has 0 aliphatic heterocycles. The van der Waals surface area contributed by atoms with Gasteiger partial charge in [-0.3, -0.25) is 71.9 Å². The molecule has 0 spiro atoms. The Labute approximate surface area is 645 Å². The quantitative estimate of drug-likeness (QED) is 0.0366. The largest absolute Gasteiger partial charge is 0.508 e. The minimum absolute atomic E-state index is 0.0199. The molecule has 0 aliphatic carbocycles. The van der Waals surface area contributed by atoms with Crippen LogP contribution in [0.15, 0.2) is 24.3 Å². The number of rotatable bonds is 62. The van der Waals surface area contributed by atoms with Crippen molar-refractivity contribution < 1.29 is 103 Å². The Morgan fingerprint density at radius 1 is 0.400 bits per heavy atom. The van der Waals surface area contributed by atoms with Crippen LogP contribution in [0.5, 0.6) is 5.75 Å². The van der Waals surface area contributed by atoms with Crippen LogP contribution in [-0.4, -0.2) is 225 Å². The van der Waals surface area contributed by atoms with E-state index < -0.39 is 207 Å². The van der Waals surface area contributed by atoms with Crippen molar-refractivity contribution in [3.05, 3.63) is 29.8 Å². The summed E-state index contributed by atoms with van der Waals surface area (Å²) in [5, 5.41) is 89.3. The first-order valence-electron chi connectivity index (χ1n) is 38.9. The number of hydrogen-bond acceptors (Lipinski definition) is 21. The summed E-state index contributed by atoms with van der Waals surface area (Å²) in [5.74, 6) is -15.1. The number of aromatic hydroxyl groups is 1. The van der Waals surface area contributed by atoms with Gasteiger partial charge >= 0.3 is 5.97 Å². The fourth-order valence-corrected chi connectivity index (χ4v) is 11.6. The topological polar surface area (TPSA) is 574 Å². The van der Waals surface area contributed by atoms with Gasteiger partial charge in [-0.1, -0.05) is 156 Å². The van der Waals surface area contributed by atoms with Crippen LogP contribution >= 0.6 is 0 Å². The molecule has 22 N–H and O–H groups in total. The molecule has 0 heterocycles. The van der Waals surface area contributed by atoms with Gasteiger partial charge < -0.3 is 106 Å². The Balaban J connectivity index is 3.44. The second-order valence-corrected chi connectivity index (χ2v) is 28.4. The van der Waals surface area contributed by atoms with E-state index in [1.54, 1.807) is 20.8 Å². The van der Waals surface area contributed by atoms with Gasteiger partial charge in [0, 0.05) is 19.3 Å². The predicted molar refractivity (Wildman–Crippen MR) is 407 cm³/mol. The van der Waals surface area contributed by atoms with Crippen LogP contribution in [0, 0.1) is 5.92 Å². The van der Waals surface area contributed by atoms with E-state index in [0.717, 1.165) is 39.5 Å². The molecule has 0 bridgehead atoms. The van der Waals surface area contributed by atoms with Crippen molar-refractivity contribution in [2.75, 3.05) is 32.9 Å². The highest BCUT2D eigenvalue weighted by Crippen LogP contribution is 2.17. The van der Waals surface area contributed by atoms with E-state index >= 15 is 0 Å². The second kappa shape index (κ2) is 57.2. The average molecular weight is 1560 g/mol. The molecule has 35 nitrogen and oxygen atoms in total. The van der Waals surface area contributed by atoms with Crippen molar-refractivity contribution in [3.8, 4) is 5.75 Å². The second-order valence-electron chi connectivity index (χ2n) is 28.4. The molecule has 1 aromatic carbocycles. The molecule has 13 amide bonds. The van der Waals surface area contributed by atoms with E-state index in [4.69, 9.17) is 11.5 Å². The standard InChI is InChI=1S/C75H128N14O21/c1-8-11-14-15-16-17-18-19-20-21-22-23-25-31-62(97)80-58(43-90)66(101)78-42-63(98)79-57(40-49-32-34-50(95)35-33-49)72(107)84-54(36-37-61(77)96)70(105)82-52(29-24-12-9-2)67(102)81-53(30-26-27-38-76)68(103)86-56(39-46(4)5)71(106)83-51(28-13-10-3)69(104)87-59(44-91)73(108)88-60(45-92)74(109)89-65(48(7)94)75(110)85-55(47(6)93)41-64(99)100/h32-35,46,48,51-60,65,90-92,94-95H,8-31,36-45,76H2,1-7H3,(H2,77,96)(H,78,101)(H,79,98)(H,80,97)(H,81,102)(H,82,105)(H,83,106)(H,84,107)(H,85,110)(H,86,103)(H,87,104)(H,88,108)(H,89,109)(H,99,100)/t48-,51+,52+,53+,54+,55+,56+,57+,58-,59+,60+,65+/m1/s1. The van der Waals surface area contributed by atoms with E-state index in [-0.39, 0.29) is 63.2 Å². The van der Waals surface area contributed by atoms with Gasteiger partial charge in [0.05, 0.1) is 44.9 Å². The average Bonchev–Trinajstić information content (AvgIpc) is 0.855. The SMILES string of the molecule is CCCCCCCCCCCCCCCC(=O)N[C@H](CO)C(=O)NCC(=O)N[C@@H](Cc1ccc(O)cc1)C(=O)N[C@@H](CCC(N)=O)C(=O)N[C@@H](CCCCC)C(=O)N[C@@H](CCCCN)C(=O)N[C@@H](CC(C)C)C(=O)N[C@@H](CCCC)C(=O)N[C@@H](CO)C(=O)N[C@@H](CO)C(=O)N[C@H](C(=O)N[C@@H](CC(=O)O)C(C)=O)[C@@H](C)O. The Bertz CT molecular complexity index is 3030. The van der Waals surface area contributed by atoms with Crippen LogP contribution < -0.4 is 75.3 Å². The number of aliphatic hydroxyl groups is 4. The number of phenolic OH excluding ortho intramolecular Hbond substituents is 1. The number of benzene rings is 1. The summed E-state index contributed by atoms with van der Waals surface area (Å²) in [6.07, 6.45) is 13.8. The van der Waals surface area contributed by atoms with Crippen molar-refractivity contribution in [2.24, 2.45) is 17.4 Å². The number of primary amides is 1. The number of aliphatic hydroxyl groups excluding tert-OH is 4. The summed E-state index contributed by atoms with van der Waals surface area (Å²) < 4.78 is 0. The number of nitrogens with two attached hydrogens (primary N) is 2. The third-order valence-electron chi connectivity index (χ3n) is 18.1. The van der Waals surface area contributed by atoms with Crippen LogP contribution in [0.2, 0.25) is 0 Å². The number of carboxylic acids is 1. The number of amides is 13. The third-order valence-corrected chi connectivity index (χ3v) is 18.1. The lowest BCUT2D eigenvalue weighted by Crippen LogP contribution is -2.62. The molecule has 0 radical (unpaired) electrons. The zero-order valence-corrected chi connectivity index (χ0v) is 65.3. The number of unbranched alkanes of at least 4 members (excludes halogenated alkanes) is 16. The summed E-state index contributed by atoms with van der Waals surface area (Å²) >= 11 is 0. The predicted octanol–water partition coefficient (Wildman–Crippen LogP) is -0.503. The molecule has 110 heavy (non-hydrogen) atoms. The summed E-state index contributed by atoms with van der Waals surface area (Å²) in [4.78, 5) is 202. The molecule has 0 aliphatic rings. The minimum atomic E-state index is -1.90. The van der Waals surface area contributed by atoms with Crippen molar-refractivity contribution in [2.45, 2.75) is 307 Å². The maximum Gasteiger partial charge on any atom is 0.305 e. The molecule has 35 heteroatoms. The van der Waals surface area contributed by atoms with Gasteiger partial charge in [-0.25, -0.2) is 0 Å². The summed E-state index contributed by atoms with van der Waals surface area (Å²) in [5.41, 5.74) is 11.8. The van der Waals surface area contributed by atoms with Gasteiger partial charge in [0.15, 0.2) is 5.78 Å². The van der Waals surface area contributed by atoms with Crippen LogP contribution in [0.3, 0.4) is 0 Å². The molecule has 1 rings (SSSR count). The molecule has 0 saturated carbocycles. The smallest absolute Gasteiger partial charge is 0.305 e. The molecular weight excluding hydrogens is 1430 g/mol. The molecule has 0 aromatic heterocycles. The number of carbonyl (C=O) groups is 15. The van der Waals surface area contributed by atoms with Gasteiger partial charge in [-0.2, -0.15) is 0 Å². The molecule has 12 atom stereocenters. The van der Waals surface area contributed by atoms with E-state index in [2.05, 4.69) is 70.7 Å². The lowest BCUT2D eigenvalue weighted by molar-refractivity contribution is -0.141. The molecule has 0 fully saturated rings. The first-order valence-corrected chi connectivity index (χ1v) is 38.9. The fourth-order valence-electron chi connectivity index (χ4n) is 11.6. The van der Waals surface area contributed by atoms with Crippen molar-refractivity contribution >= 4 is 88.5 Å². The van der Waals surface area contributed by atoms with Crippen LogP contribution in [-0.2, 0) is 78.3 Å². The zero-order valence-electron chi connectivity index (χ0n) is 65.3. The third kappa shape index (κ3) is 42.3. The first kappa shape index (κ1) is 99.1. The van der Waals surface area contributed by atoms with Crippen LogP contribution in [0.4, 0.5) is 0 Å². The van der Waals surface area contributed by atoms with E-state index in [1.165, 1.54) is 75.6 Å². The van der Waals surface area contributed by atoms with Gasteiger partial charge in [-0.05, 0) is 95.4 Å². The Kier molecular flexibility index (Phi) is 51.5. The number of hydrogen-bond donors (Lipinski definition) is 20. The normalized spacial score (nSPS) is 14.4. The number of phenols is 1. The fraction of sp³-hybridized carbons (Fsp3) is 0.720. The van der Waals surface area contributed by atoms with E-state index in [9.17, 15) is 103 Å². The first-order chi connectivity index (χ1) is 52.3. The Morgan fingerprint density at radius 2 is 0.773 bits per heavy atom. The van der Waals surface area contributed by atoms with Gasteiger partial charge in [0.25, 0.3) is 0 Å². The number of nitrogens with one attached hydrogen (secondary N) is 12. The maximum atomic E-state index is 14.6. The van der Waals surface area contributed by atoms with Gasteiger partial charge in [-0.15, -0.1) is 0 Å². The van der Waals surface area contributed by atoms with Crippen molar-refractivity contribution in [1.82, 2.24) is 63.8 Å². The molecular formula is C75H128N14O21. The number of aliphatic carboxylic acids is 1. The monoisotopic (exact) mass is 1560 g/mol. The summed E-state index contributed by atoms with van der Waals surface area (Å²) in [6, 6.07) is -11.8. The lowest BCUT2D eigenvalue weighted by atomic mass is 10.00. The molecule has 1 aromatic rings. The highest BCUT2D eigenvalue weighted by Gasteiger charge is 2.37. The highest BCUT2D eigenvalue weighted by molar-refractivity contribution is 6.00. The van der Waals surface area contributed by atoms with E-state index in [1.807, 2.05) is 6.92 Å². The number of carbonyl (C=O) groups excluding carboxylic acids is 14. The zero-order chi connectivity index (χ0) is 82.7. The molecule has 0 saturated heterocycles. The number of Topliss-reactive ketones (excluding diaryl/α,β-unsaturated/α-hetero) is 1.